The minimum absolute atomic E-state index is 0.0480. The van der Waals surface area contributed by atoms with Gasteiger partial charge in [-0.1, -0.05) is 22.9 Å². The molecule has 0 bridgehead atoms. The summed E-state index contributed by atoms with van der Waals surface area (Å²) in [5.74, 6) is 0. The Hall–Kier alpha value is 0.230. The molecule has 1 aliphatic heterocycles. The summed E-state index contributed by atoms with van der Waals surface area (Å²) in [5, 5.41) is 4.05. The van der Waals surface area contributed by atoms with Crippen molar-refractivity contribution >= 4 is 38.9 Å². The lowest BCUT2D eigenvalue weighted by Gasteiger charge is -2.38. The van der Waals surface area contributed by atoms with E-state index in [1.807, 2.05) is 6.07 Å². The summed E-state index contributed by atoms with van der Waals surface area (Å²) in [5.41, 5.74) is -0.0480. The maximum absolute atomic E-state index is 5.90. The molecule has 72 valence electrons. The molecule has 13 heavy (non-hydrogen) atoms. The van der Waals surface area contributed by atoms with E-state index < -0.39 is 0 Å². The molecule has 1 aliphatic rings. The third-order valence-corrected chi connectivity index (χ3v) is 4.32. The summed E-state index contributed by atoms with van der Waals surface area (Å²) >= 11 is 10.7. The van der Waals surface area contributed by atoms with Gasteiger partial charge in [0.2, 0.25) is 0 Å². The Bertz CT molecular complexity index is 304. The molecule has 0 aromatic carbocycles. The van der Waals surface area contributed by atoms with Crippen molar-refractivity contribution in [3.05, 3.63) is 14.9 Å². The SMILES string of the molecule is CC1(Oc2cc(Br)c(Cl)s2)CNC1. The number of halogens is 2. The van der Waals surface area contributed by atoms with Crippen molar-refractivity contribution in [2.45, 2.75) is 12.5 Å². The Labute approximate surface area is 94.4 Å². The van der Waals surface area contributed by atoms with Crippen LogP contribution in [0.1, 0.15) is 6.92 Å². The number of ether oxygens (including phenoxy) is 1. The van der Waals surface area contributed by atoms with Gasteiger partial charge in [-0.2, -0.15) is 0 Å². The Morgan fingerprint density at radius 3 is 2.77 bits per heavy atom. The van der Waals surface area contributed by atoms with E-state index in [4.69, 9.17) is 16.3 Å². The molecular formula is C8H9BrClNOS. The molecule has 0 atom stereocenters. The van der Waals surface area contributed by atoms with Gasteiger partial charge in [0.15, 0.2) is 5.06 Å². The van der Waals surface area contributed by atoms with E-state index in [1.54, 1.807) is 0 Å². The molecule has 0 amide bonds. The molecule has 0 saturated carbocycles. The van der Waals surface area contributed by atoms with Crippen molar-refractivity contribution in [3.63, 3.8) is 0 Å². The number of rotatable bonds is 2. The minimum Gasteiger partial charge on any atom is -0.475 e. The van der Waals surface area contributed by atoms with Crippen LogP contribution in [0.25, 0.3) is 0 Å². The van der Waals surface area contributed by atoms with Gasteiger partial charge in [-0.15, -0.1) is 0 Å². The van der Waals surface area contributed by atoms with Crippen LogP contribution in [0.4, 0.5) is 0 Å². The lowest BCUT2D eigenvalue weighted by atomic mass is 10.0. The third kappa shape index (κ3) is 2.01. The van der Waals surface area contributed by atoms with Crippen molar-refractivity contribution in [1.29, 1.82) is 0 Å². The second kappa shape index (κ2) is 3.42. The number of nitrogens with one attached hydrogen (secondary N) is 1. The van der Waals surface area contributed by atoms with Crippen LogP contribution in [0.3, 0.4) is 0 Å². The monoisotopic (exact) mass is 281 g/mol. The largest absolute Gasteiger partial charge is 0.475 e. The maximum Gasteiger partial charge on any atom is 0.177 e. The van der Waals surface area contributed by atoms with Crippen molar-refractivity contribution < 1.29 is 4.74 Å². The standard InChI is InChI=1S/C8H9BrClNOS/c1-8(3-11-4-8)12-6-2-5(9)7(10)13-6/h2,11H,3-4H2,1H3. The molecular weight excluding hydrogens is 274 g/mol. The minimum atomic E-state index is -0.0480. The zero-order valence-corrected chi connectivity index (χ0v) is 10.2. The van der Waals surface area contributed by atoms with Gasteiger partial charge in [-0.3, -0.25) is 0 Å². The average Bonchev–Trinajstić information content (AvgIpc) is 2.28. The van der Waals surface area contributed by atoms with Crippen LogP contribution in [0.5, 0.6) is 5.06 Å². The van der Waals surface area contributed by atoms with Crippen LogP contribution in [0, 0.1) is 0 Å². The van der Waals surface area contributed by atoms with Crippen molar-refractivity contribution in [1.82, 2.24) is 5.32 Å². The first-order valence-corrected chi connectivity index (χ1v) is 5.92. The fourth-order valence-corrected chi connectivity index (χ4v) is 2.81. The number of hydrogen-bond donors (Lipinski definition) is 1. The highest BCUT2D eigenvalue weighted by Crippen LogP contribution is 2.38. The van der Waals surface area contributed by atoms with Crippen LogP contribution < -0.4 is 10.1 Å². The number of thiophene rings is 1. The molecule has 5 heteroatoms. The quantitative estimate of drug-likeness (QED) is 0.900. The van der Waals surface area contributed by atoms with Crippen LogP contribution in [0.15, 0.2) is 10.5 Å². The fraction of sp³-hybridized carbons (Fsp3) is 0.500. The Balaban J connectivity index is 2.09. The molecule has 1 saturated heterocycles. The highest BCUT2D eigenvalue weighted by molar-refractivity contribution is 9.10. The van der Waals surface area contributed by atoms with E-state index >= 15 is 0 Å². The van der Waals surface area contributed by atoms with E-state index in [9.17, 15) is 0 Å². The molecule has 1 aromatic rings. The maximum atomic E-state index is 5.90. The van der Waals surface area contributed by atoms with Gasteiger partial charge in [0.1, 0.15) is 9.94 Å². The summed E-state index contributed by atoms with van der Waals surface area (Å²) in [6.07, 6.45) is 0. The smallest absolute Gasteiger partial charge is 0.177 e. The Morgan fingerprint density at radius 1 is 1.69 bits per heavy atom. The van der Waals surface area contributed by atoms with Crippen LogP contribution in [-0.2, 0) is 0 Å². The molecule has 0 aliphatic carbocycles. The lowest BCUT2D eigenvalue weighted by molar-refractivity contribution is 0.0386. The molecule has 1 fully saturated rings. The second-order valence-electron chi connectivity index (χ2n) is 3.34. The molecule has 2 heterocycles. The summed E-state index contributed by atoms with van der Waals surface area (Å²) in [6.45, 7) is 3.89. The van der Waals surface area contributed by atoms with Crippen molar-refractivity contribution in [3.8, 4) is 5.06 Å². The lowest BCUT2D eigenvalue weighted by Crippen LogP contribution is -2.60. The Kier molecular flexibility index (Phi) is 2.57. The molecule has 0 unspecified atom stereocenters. The molecule has 0 spiro atoms. The molecule has 0 radical (unpaired) electrons. The zero-order valence-electron chi connectivity index (χ0n) is 7.06. The van der Waals surface area contributed by atoms with E-state index in [2.05, 4.69) is 28.2 Å². The first kappa shape index (κ1) is 9.77. The van der Waals surface area contributed by atoms with E-state index in [1.165, 1.54) is 11.3 Å². The first-order chi connectivity index (χ1) is 6.09. The Morgan fingerprint density at radius 2 is 2.38 bits per heavy atom. The second-order valence-corrected chi connectivity index (χ2v) is 5.81. The van der Waals surface area contributed by atoms with Crippen LogP contribution in [0.2, 0.25) is 4.34 Å². The summed E-state index contributed by atoms with van der Waals surface area (Å²) < 4.78 is 7.43. The highest BCUT2D eigenvalue weighted by atomic mass is 79.9. The van der Waals surface area contributed by atoms with Crippen molar-refractivity contribution in [2.24, 2.45) is 0 Å². The highest BCUT2D eigenvalue weighted by Gasteiger charge is 2.34. The first-order valence-electron chi connectivity index (χ1n) is 3.94. The molecule has 1 N–H and O–H groups in total. The van der Waals surface area contributed by atoms with E-state index in [-0.39, 0.29) is 5.60 Å². The van der Waals surface area contributed by atoms with Gasteiger partial charge < -0.3 is 10.1 Å². The summed E-state index contributed by atoms with van der Waals surface area (Å²) in [4.78, 5) is 0. The number of hydrogen-bond acceptors (Lipinski definition) is 3. The van der Waals surface area contributed by atoms with E-state index in [0.717, 1.165) is 27.0 Å². The van der Waals surface area contributed by atoms with Gasteiger partial charge in [-0.05, 0) is 22.9 Å². The van der Waals surface area contributed by atoms with E-state index in [0.29, 0.717) is 0 Å². The van der Waals surface area contributed by atoms with Gasteiger partial charge in [0.25, 0.3) is 0 Å². The summed E-state index contributed by atoms with van der Waals surface area (Å²) in [7, 11) is 0. The van der Waals surface area contributed by atoms with Crippen LogP contribution >= 0.6 is 38.9 Å². The predicted octanol–water partition coefficient (Wildman–Crippen LogP) is 2.90. The van der Waals surface area contributed by atoms with Gasteiger partial charge in [0.05, 0.1) is 4.47 Å². The fourth-order valence-electron chi connectivity index (χ4n) is 1.17. The molecule has 2 nitrogen and oxygen atoms in total. The predicted molar refractivity (Wildman–Crippen MR) is 58.9 cm³/mol. The third-order valence-electron chi connectivity index (χ3n) is 1.97. The van der Waals surface area contributed by atoms with Crippen LogP contribution in [-0.4, -0.2) is 18.7 Å². The topological polar surface area (TPSA) is 21.3 Å². The van der Waals surface area contributed by atoms with Crippen molar-refractivity contribution in [2.75, 3.05) is 13.1 Å². The molecule has 2 rings (SSSR count). The average molecular weight is 283 g/mol. The summed E-state index contributed by atoms with van der Waals surface area (Å²) in [6, 6.07) is 1.91. The zero-order chi connectivity index (χ0) is 9.47. The molecule has 1 aromatic heterocycles. The van der Waals surface area contributed by atoms with Gasteiger partial charge in [0, 0.05) is 19.2 Å². The van der Waals surface area contributed by atoms with Gasteiger partial charge in [-0.25, -0.2) is 0 Å². The normalized spacial score (nSPS) is 19.6. The van der Waals surface area contributed by atoms with Gasteiger partial charge >= 0.3 is 0 Å².